The number of hydrogen-bond acceptors (Lipinski definition) is 8. The molecule has 0 saturated carbocycles. The van der Waals surface area contributed by atoms with Crippen LogP contribution in [0, 0.1) is 0 Å². The molecule has 0 radical (unpaired) electrons. The number of benzene rings is 1. The maximum Gasteiger partial charge on any atom is 0.416 e. The summed E-state index contributed by atoms with van der Waals surface area (Å²) in [6.07, 6.45) is -6.21. The number of ether oxygens (including phenoxy) is 2. The van der Waals surface area contributed by atoms with Crippen LogP contribution in [0.4, 0.5) is 42.8 Å². The fraction of sp³-hybridized carbons (Fsp3) is 0.467. The number of aromatic nitrogens is 3. The number of anilines is 2. The van der Waals surface area contributed by atoms with E-state index in [-0.39, 0.29) is 48.8 Å². The molecule has 0 spiro atoms. The van der Waals surface area contributed by atoms with E-state index in [0.29, 0.717) is 42.6 Å². The topological polar surface area (TPSA) is 101 Å². The molecule has 4 rings (SSSR count). The van der Waals surface area contributed by atoms with Crippen LogP contribution < -0.4 is 14.5 Å². The Labute approximate surface area is 255 Å². The van der Waals surface area contributed by atoms with Crippen LogP contribution in [0.5, 0.6) is 5.88 Å². The van der Waals surface area contributed by atoms with Crippen LogP contribution in [0.3, 0.4) is 0 Å². The van der Waals surface area contributed by atoms with Crippen LogP contribution in [-0.4, -0.2) is 52.5 Å². The minimum Gasteiger partial charge on any atom is -0.481 e. The monoisotopic (exact) mass is 641 g/mol. The number of nitrogens with zero attached hydrogens (tertiary/aromatic N) is 5. The van der Waals surface area contributed by atoms with E-state index in [2.05, 4.69) is 15.0 Å². The van der Waals surface area contributed by atoms with Crippen LogP contribution in [0.2, 0.25) is 0 Å². The first-order valence-electron chi connectivity index (χ1n) is 14.3. The molecule has 3 heterocycles. The zero-order valence-electron chi connectivity index (χ0n) is 24.8. The van der Waals surface area contributed by atoms with Crippen molar-refractivity contribution in [2.75, 3.05) is 30.1 Å². The molecule has 1 aliphatic rings. The highest BCUT2D eigenvalue weighted by molar-refractivity contribution is 5.90. The number of methoxy groups -OCH3 is 1. The van der Waals surface area contributed by atoms with E-state index in [1.807, 2.05) is 6.92 Å². The summed E-state index contributed by atoms with van der Waals surface area (Å²) in [6, 6.07) is 3.28. The molecule has 1 unspecified atom stereocenters. The lowest BCUT2D eigenvalue weighted by Gasteiger charge is -2.43. The van der Waals surface area contributed by atoms with Crippen molar-refractivity contribution < 1.29 is 45.7 Å². The van der Waals surface area contributed by atoms with E-state index in [4.69, 9.17) is 9.47 Å². The number of halogens is 6. The Hall–Kier alpha value is -4.14. The van der Waals surface area contributed by atoms with Crippen LogP contribution in [0.15, 0.2) is 42.7 Å². The summed E-state index contributed by atoms with van der Waals surface area (Å²) in [7, 11) is 1.39. The van der Waals surface area contributed by atoms with Gasteiger partial charge in [0.1, 0.15) is 0 Å². The van der Waals surface area contributed by atoms with Gasteiger partial charge in [-0.1, -0.05) is 6.92 Å². The average molecular weight is 642 g/mol. The first-order valence-corrected chi connectivity index (χ1v) is 14.3. The van der Waals surface area contributed by atoms with Crippen molar-refractivity contribution in [3.05, 3.63) is 70.7 Å². The van der Waals surface area contributed by atoms with E-state index in [1.165, 1.54) is 29.3 Å². The van der Waals surface area contributed by atoms with Crippen molar-refractivity contribution in [3.63, 3.8) is 0 Å². The maximum absolute atomic E-state index is 13.8. The van der Waals surface area contributed by atoms with Gasteiger partial charge >= 0.3 is 18.4 Å². The summed E-state index contributed by atoms with van der Waals surface area (Å²) < 4.78 is 93.2. The number of aliphatic hydroxyl groups is 1. The number of aliphatic hydroxyl groups excluding tert-OH is 1. The van der Waals surface area contributed by atoms with E-state index in [9.17, 15) is 36.2 Å². The number of carbonyl (C=O) groups is 1. The van der Waals surface area contributed by atoms with Crippen molar-refractivity contribution in [2.24, 2.45) is 0 Å². The van der Waals surface area contributed by atoms with Gasteiger partial charge in [0.2, 0.25) is 11.8 Å². The van der Waals surface area contributed by atoms with Gasteiger partial charge in [0.05, 0.1) is 42.3 Å². The van der Waals surface area contributed by atoms with Crippen LogP contribution in [0.25, 0.3) is 0 Å². The van der Waals surface area contributed by atoms with E-state index in [1.54, 1.807) is 19.1 Å². The lowest BCUT2D eigenvalue weighted by molar-refractivity contribution is -0.143. The molecule has 2 aromatic heterocycles. The zero-order valence-corrected chi connectivity index (χ0v) is 24.8. The van der Waals surface area contributed by atoms with E-state index >= 15 is 0 Å². The van der Waals surface area contributed by atoms with Gasteiger partial charge < -0.3 is 19.5 Å². The normalized spacial score (nSPS) is 16.7. The Kier molecular flexibility index (Phi) is 10.4. The van der Waals surface area contributed by atoms with Crippen molar-refractivity contribution in [1.29, 1.82) is 0 Å². The van der Waals surface area contributed by atoms with Crippen LogP contribution in [0.1, 0.15) is 67.1 Å². The second-order valence-electron chi connectivity index (χ2n) is 10.4. The maximum atomic E-state index is 13.8. The largest absolute Gasteiger partial charge is 0.481 e. The third-order valence-electron chi connectivity index (χ3n) is 7.41. The first-order chi connectivity index (χ1) is 21.3. The Morgan fingerprint density at radius 3 is 2.20 bits per heavy atom. The number of alkyl halides is 6. The highest BCUT2D eigenvalue weighted by Gasteiger charge is 2.42. The molecular weight excluding hydrogens is 608 g/mol. The number of rotatable bonds is 10. The van der Waals surface area contributed by atoms with Gasteiger partial charge in [0.25, 0.3) is 0 Å². The van der Waals surface area contributed by atoms with Gasteiger partial charge in [-0.05, 0) is 68.0 Å². The third kappa shape index (κ3) is 7.75. The fourth-order valence-corrected chi connectivity index (χ4v) is 5.28. The summed E-state index contributed by atoms with van der Waals surface area (Å²) in [6.45, 7) is 3.09. The number of pyridine rings is 1. The van der Waals surface area contributed by atoms with Gasteiger partial charge in [-0.15, -0.1) is 0 Å². The highest BCUT2D eigenvalue weighted by atomic mass is 19.4. The molecule has 0 fully saturated rings. The number of carbonyl (C=O) groups excluding carboxylic acids is 1. The van der Waals surface area contributed by atoms with Gasteiger partial charge in [-0.3, -0.25) is 4.90 Å². The SMILES string of the molecule is CCOC(=O)N1c2ccc(OC)nc2[C@@H](N(Cc2cc(C(F)(F)F)cc(C(F)(F)F)c2)c2ncc(CCCO)cn2)CC1CC. The summed E-state index contributed by atoms with van der Waals surface area (Å²) in [5, 5.41) is 9.18. The summed E-state index contributed by atoms with van der Waals surface area (Å²) in [5.74, 6) is 0.199. The molecule has 0 aliphatic carbocycles. The lowest BCUT2D eigenvalue weighted by Crippen LogP contribution is -2.48. The average Bonchev–Trinajstić information content (AvgIpc) is 3.01. The van der Waals surface area contributed by atoms with Crippen molar-refractivity contribution in [3.8, 4) is 5.88 Å². The molecule has 9 nitrogen and oxygen atoms in total. The summed E-state index contributed by atoms with van der Waals surface area (Å²) in [5.41, 5.74) is -1.87. The predicted octanol–water partition coefficient (Wildman–Crippen LogP) is 6.74. The quantitative estimate of drug-likeness (QED) is 0.243. The van der Waals surface area contributed by atoms with Crippen LogP contribution in [-0.2, 0) is 30.1 Å². The number of aryl methyl sites for hydroxylation is 1. The van der Waals surface area contributed by atoms with Crippen molar-refractivity contribution >= 4 is 17.7 Å². The smallest absolute Gasteiger partial charge is 0.416 e. The molecule has 2 atom stereocenters. The Balaban J connectivity index is 1.90. The number of fused-ring (bicyclic) bond motifs is 1. The minimum atomic E-state index is -5.04. The van der Waals surface area contributed by atoms with E-state index in [0.717, 1.165) is 0 Å². The molecule has 244 valence electrons. The number of amides is 1. The van der Waals surface area contributed by atoms with Crippen LogP contribution >= 0.6 is 0 Å². The minimum absolute atomic E-state index is 0.0220. The fourth-order valence-electron chi connectivity index (χ4n) is 5.28. The molecule has 0 bridgehead atoms. The van der Waals surface area contributed by atoms with E-state index < -0.39 is 48.2 Å². The van der Waals surface area contributed by atoms with Gasteiger partial charge in [-0.25, -0.2) is 19.7 Å². The van der Waals surface area contributed by atoms with Gasteiger partial charge in [0.15, 0.2) is 0 Å². The molecule has 15 heteroatoms. The second kappa shape index (κ2) is 13.9. The summed E-state index contributed by atoms with van der Waals surface area (Å²) in [4.78, 5) is 29.4. The second-order valence-corrected chi connectivity index (χ2v) is 10.4. The first kappa shape index (κ1) is 33.7. The third-order valence-corrected chi connectivity index (χ3v) is 7.41. The predicted molar refractivity (Wildman–Crippen MR) is 152 cm³/mol. The molecule has 0 saturated heterocycles. The summed E-state index contributed by atoms with van der Waals surface area (Å²) >= 11 is 0. The van der Waals surface area contributed by atoms with Crippen molar-refractivity contribution in [2.45, 2.75) is 70.5 Å². The molecule has 1 amide bonds. The molecule has 1 aromatic carbocycles. The number of hydrogen-bond donors (Lipinski definition) is 1. The standard InChI is InChI=1S/C30H33F6N5O4/c1-4-22-14-24(26-23(8-9-25(39-26)44-3)41(22)28(43)45-5-2)40(27-37-15-18(16-38-27)7-6-10-42)17-19-11-20(29(31,32)33)13-21(12-19)30(34,35)36/h8-9,11-13,15-16,22,24,42H,4-7,10,14,17H2,1-3H3/t22?,24-/m0/s1. The highest BCUT2D eigenvalue weighted by Crippen LogP contribution is 2.44. The van der Waals surface area contributed by atoms with Crippen molar-refractivity contribution in [1.82, 2.24) is 15.0 Å². The molecule has 3 aromatic rings. The Morgan fingerprint density at radius 1 is 1.02 bits per heavy atom. The molecule has 45 heavy (non-hydrogen) atoms. The Morgan fingerprint density at radius 2 is 1.67 bits per heavy atom. The van der Waals surface area contributed by atoms with Gasteiger partial charge in [-0.2, -0.15) is 26.3 Å². The molecule has 1 aliphatic heterocycles. The lowest BCUT2D eigenvalue weighted by atomic mass is 9.92. The molecular formula is C30H33F6N5O4. The zero-order chi connectivity index (χ0) is 32.9. The molecule has 1 N–H and O–H groups in total. The Bertz CT molecular complexity index is 1440. The van der Waals surface area contributed by atoms with Gasteiger partial charge in [0, 0.05) is 37.7 Å².